The molecule has 2 aliphatic rings. The second kappa shape index (κ2) is 5.23. The lowest BCUT2D eigenvalue weighted by molar-refractivity contribution is -0.0591. The van der Waals surface area contributed by atoms with Crippen molar-refractivity contribution in [3.8, 4) is 0 Å². The minimum atomic E-state index is 0.0522. The average Bonchev–Trinajstić information content (AvgIpc) is 2.95. The molecule has 0 bridgehead atoms. The lowest BCUT2D eigenvalue weighted by Crippen LogP contribution is -2.53. The maximum absolute atomic E-state index is 6.35. The number of hydrogen-bond donors (Lipinski definition) is 1. The van der Waals surface area contributed by atoms with Crippen molar-refractivity contribution in [2.75, 3.05) is 19.7 Å². The molecule has 5 heteroatoms. The summed E-state index contributed by atoms with van der Waals surface area (Å²) in [6.45, 7) is 5.06. The molecular formula is C14H24N4O. The first kappa shape index (κ1) is 13.1. The van der Waals surface area contributed by atoms with Gasteiger partial charge in [-0.2, -0.15) is 5.10 Å². The molecule has 2 aliphatic heterocycles. The molecule has 3 rings (SSSR count). The summed E-state index contributed by atoms with van der Waals surface area (Å²) in [6, 6.07) is 2.81. The van der Waals surface area contributed by atoms with Crippen LogP contribution in [0.4, 0.5) is 0 Å². The molecule has 106 valence electrons. The fourth-order valence-electron chi connectivity index (χ4n) is 3.33. The van der Waals surface area contributed by atoms with Crippen LogP contribution >= 0.6 is 0 Å². The van der Waals surface area contributed by atoms with Crippen LogP contribution in [0.1, 0.15) is 24.2 Å². The van der Waals surface area contributed by atoms with E-state index in [1.807, 2.05) is 18.7 Å². The lowest BCUT2D eigenvalue weighted by Gasteiger charge is -2.37. The van der Waals surface area contributed by atoms with Gasteiger partial charge in [0.1, 0.15) is 0 Å². The van der Waals surface area contributed by atoms with E-state index >= 15 is 0 Å². The normalized spacial score (nSPS) is 29.4. The number of nitrogens with two attached hydrogens (primary N) is 1. The number of rotatable bonds is 3. The van der Waals surface area contributed by atoms with Crippen molar-refractivity contribution >= 4 is 0 Å². The Bertz CT molecular complexity index is 445. The van der Waals surface area contributed by atoms with Crippen molar-refractivity contribution in [1.29, 1.82) is 0 Å². The van der Waals surface area contributed by atoms with Crippen molar-refractivity contribution < 1.29 is 4.74 Å². The van der Waals surface area contributed by atoms with E-state index in [0.29, 0.717) is 6.04 Å². The molecule has 0 aliphatic carbocycles. The summed E-state index contributed by atoms with van der Waals surface area (Å²) in [6.07, 6.45) is 3.57. The van der Waals surface area contributed by atoms with Gasteiger partial charge in [-0.15, -0.1) is 0 Å². The number of aromatic nitrogens is 2. The first-order valence-corrected chi connectivity index (χ1v) is 7.24. The molecule has 3 atom stereocenters. The third kappa shape index (κ3) is 2.68. The summed E-state index contributed by atoms with van der Waals surface area (Å²) in [5.74, 6) is 0. The molecule has 0 radical (unpaired) electrons. The van der Waals surface area contributed by atoms with Gasteiger partial charge in [0.2, 0.25) is 0 Å². The van der Waals surface area contributed by atoms with Gasteiger partial charge in [-0.3, -0.25) is 9.58 Å². The molecule has 0 amide bonds. The largest absolute Gasteiger partial charge is 0.374 e. The first-order chi connectivity index (χ1) is 9.13. The van der Waals surface area contributed by atoms with Crippen LogP contribution in [0.3, 0.4) is 0 Å². The smallest absolute Gasteiger partial charge is 0.0857 e. The zero-order valence-corrected chi connectivity index (χ0v) is 11.9. The fourth-order valence-corrected chi connectivity index (χ4v) is 3.33. The van der Waals surface area contributed by atoms with E-state index in [2.05, 4.69) is 16.1 Å². The van der Waals surface area contributed by atoms with Crippen molar-refractivity contribution in [2.45, 2.75) is 44.4 Å². The summed E-state index contributed by atoms with van der Waals surface area (Å²) in [4.78, 5) is 2.54. The highest BCUT2D eigenvalue weighted by Crippen LogP contribution is 2.24. The molecule has 1 aromatic rings. The van der Waals surface area contributed by atoms with Crippen LogP contribution in [0, 0.1) is 6.92 Å². The Morgan fingerprint density at radius 3 is 3.16 bits per heavy atom. The Labute approximate surface area is 114 Å². The standard InChI is InChI=1S/C14H24N4O/c1-10-6-12(17(2)16-10)7-13(15)14-8-18-5-3-4-11(18)9-19-14/h6,11,13-14H,3-5,7-9,15H2,1-2H3. The summed E-state index contributed by atoms with van der Waals surface area (Å²) < 4.78 is 7.90. The van der Waals surface area contributed by atoms with Gasteiger partial charge in [-0.05, 0) is 32.4 Å². The summed E-state index contributed by atoms with van der Waals surface area (Å²) >= 11 is 0. The van der Waals surface area contributed by atoms with Gasteiger partial charge in [0.25, 0.3) is 0 Å². The molecule has 2 N–H and O–H groups in total. The maximum Gasteiger partial charge on any atom is 0.0857 e. The first-order valence-electron chi connectivity index (χ1n) is 7.24. The van der Waals surface area contributed by atoms with Gasteiger partial charge in [0.15, 0.2) is 0 Å². The minimum Gasteiger partial charge on any atom is -0.374 e. The molecular weight excluding hydrogens is 240 g/mol. The third-order valence-electron chi connectivity index (χ3n) is 4.44. The van der Waals surface area contributed by atoms with Gasteiger partial charge in [-0.1, -0.05) is 0 Å². The predicted molar refractivity (Wildman–Crippen MR) is 74.0 cm³/mol. The van der Waals surface area contributed by atoms with E-state index in [1.165, 1.54) is 25.1 Å². The van der Waals surface area contributed by atoms with Crippen LogP contribution in [-0.2, 0) is 18.2 Å². The van der Waals surface area contributed by atoms with Crippen molar-refractivity contribution in [3.05, 3.63) is 17.5 Å². The van der Waals surface area contributed by atoms with Crippen LogP contribution in [-0.4, -0.2) is 52.6 Å². The average molecular weight is 264 g/mol. The predicted octanol–water partition coefficient (Wildman–Crippen LogP) is 0.462. The number of fused-ring (bicyclic) bond motifs is 1. The Kier molecular flexibility index (Phi) is 3.60. The zero-order valence-electron chi connectivity index (χ0n) is 11.9. The molecule has 2 fully saturated rings. The molecule has 3 heterocycles. The molecule has 1 aromatic heterocycles. The second-order valence-corrected chi connectivity index (χ2v) is 5.93. The highest BCUT2D eigenvalue weighted by molar-refractivity contribution is 5.10. The summed E-state index contributed by atoms with van der Waals surface area (Å²) in [7, 11) is 1.98. The summed E-state index contributed by atoms with van der Waals surface area (Å²) in [5, 5.41) is 4.37. The van der Waals surface area contributed by atoms with Crippen LogP contribution in [0.15, 0.2) is 6.07 Å². The number of aryl methyl sites for hydroxylation is 2. The second-order valence-electron chi connectivity index (χ2n) is 5.93. The molecule has 5 nitrogen and oxygen atoms in total. The van der Waals surface area contributed by atoms with Gasteiger partial charge < -0.3 is 10.5 Å². The van der Waals surface area contributed by atoms with Crippen LogP contribution in [0.2, 0.25) is 0 Å². The van der Waals surface area contributed by atoms with Gasteiger partial charge in [-0.25, -0.2) is 0 Å². The van der Waals surface area contributed by atoms with E-state index in [-0.39, 0.29) is 12.1 Å². The number of hydrogen-bond acceptors (Lipinski definition) is 4. The van der Waals surface area contributed by atoms with E-state index in [4.69, 9.17) is 10.5 Å². The highest BCUT2D eigenvalue weighted by Gasteiger charge is 2.34. The van der Waals surface area contributed by atoms with Crippen LogP contribution in [0.25, 0.3) is 0 Å². The highest BCUT2D eigenvalue weighted by atomic mass is 16.5. The van der Waals surface area contributed by atoms with Gasteiger partial charge in [0, 0.05) is 37.8 Å². The maximum atomic E-state index is 6.35. The Hall–Kier alpha value is -0.910. The van der Waals surface area contributed by atoms with Crippen molar-refractivity contribution in [1.82, 2.24) is 14.7 Å². The summed E-state index contributed by atoms with van der Waals surface area (Å²) in [5.41, 5.74) is 8.59. The van der Waals surface area contributed by atoms with Crippen LogP contribution < -0.4 is 5.73 Å². The third-order valence-corrected chi connectivity index (χ3v) is 4.44. The van der Waals surface area contributed by atoms with Crippen LogP contribution in [0.5, 0.6) is 0 Å². The Morgan fingerprint density at radius 2 is 2.42 bits per heavy atom. The van der Waals surface area contributed by atoms with Gasteiger partial charge in [0.05, 0.1) is 18.4 Å². The van der Waals surface area contributed by atoms with E-state index < -0.39 is 0 Å². The van der Waals surface area contributed by atoms with Crippen molar-refractivity contribution in [2.24, 2.45) is 12.8 Å². The quantitative estimate of drug-likeness (QED) is 0.862. The van der Waals surface area contributed by atoms with Gasteiger partial charge >= 0.3 is 0 Å². The van der Waals surface area contributed by atoms with Crippen molar-refractivity contribution in [3.63, 3.8) is 0 Å². The molecule has 2 saturated heterocycles. The number of ether oxygens (including phenoxy) is 1. The minimum absolute atomic E-state index is 0.0522. The Morgan fingerprint density at radius 1 is 1.58 bits per heavy atom. The molecule has 0 aromatic carbocycles. The molecule has 0 saturated carbocycles. The lowest BCUT2D eigenvalue weighted by atomic mass is 10.0. The number of morpholine rings is 1. The number of nitrogens with zero attached hydrogens (tertiary/aromatic N) is 3. The van der Waals surface area contributed by atoms with E-state index in [9.17, 15) is 0 Å². The fraction of sp³-hybridized carbons (Fsp3) is 0.786. The Balaban J connectivity index is 1.61. The zero-order chi connectivity index (χ0) is 13.4. The molecule has 3 unspecified atom stereocenters. The molecule has 0 spiro atoms. The van der Waals surface area contributed by atoms with E-state index in [0.717, 1.165) is 25.3 Å². The van der Waals surface area contributed by atoms with E-state index in [1.54, 1.807) is 0 Å². The topological polar surface area (TPSA) is 56.3 Å². The SMILES string of the molecule is Cc1cc(CC(N)C2CN3CCCC3CO2)n(C)n1. The molecule has 19 heavy (non-hydrogen) atoms. The monoisotopic (exact) mass is 264 g/mol.